The second-order valence-electron chi connectivity index (χ2n) is 24.5. The molecule has 0 spiro atoms. The van der Waals surface area contributed by atoms with Crippen LogP contribution in [0, 0.1) is 12.8 Å². The molecule has 27 N–H and O–H groups in total. The Kier molecular flexibility index (Phi) is 29.9. The number of H-pyrrole nitrogens is 1. The number of nitrogens with two attached hydrogens (primary N) is 5. The van der Waals surface area contributed by atoms with E-state index in [2.05, 4.69) is 67.1 Å². The highest BCUT2D eigenvalue weighted by Gasteiger charge is 2.54. The van der Waals surface area contributed by atoms with Crippen LogP contribution in [0.1, 0.15) is 115 Å². The van der Waals surface area contributed by atoms with Crippen molar-refractivity contribution in [3.05, 3.63) is 56.8 Å². The lowest BCUT2D eigenvalue weighted by Gasteiger charge is -2.47. The van der Waals surface area contributed by atoms with Gasteiger partial charge in [0.25, 0.3) is 11.8 Å². The normalized spacial score (nSPS) is 25.7. The number of nitrogens with zero attached hydrogens (tertiary/aromatic N) is 5. The van der Waals surface area contributed by atoms with Gasteiger partial charge in [-0.2, -0.15) is 0 Å². The number of anilines is 1. The van der Waals surface area contributed by atoms with Crippen molar-refractivity contribution >= 4 is 75.9 Å². The van der Waals surface area contributed by atoms with Gasteiger partial charge < -0.3 is 141 Å². The second kappa shape index (κ2) is 37.4. The van der Waals surface area contributed by atoms with Crippen LogP contribution in [0.25, 0.3) is 10.7 Å². The monoisotopic (exact) mass is 1470 g/mol. The predicted octanol–water partition coefficient (Wildman–Crippen LogP) is -7.69. The molecular weight excluding hydrogens is 1380 g/mol. The van der Waals surface area contributed by atoms with Crippen LogP contribution in [-0.4, -0.2) is 273 Å². The highest BCUT2D eigenvalue weighted by Crippen LogP contribution is 2.35. The first-order valence-electron chi connectivity index (χ1n) is 32.3. The Hall–Kier alpha value is -7.73. The maximum Gasteiger partial charge on any atom is 0.404 e. The molecule has 40 nitrogen and oxygen atoms in total. The molecule has 2 aliphatic heterocycles. The molecule has 0 radical (unpaired) electrons. The number of aromatic amines is 1. The molecule has 101 heavy (non-hydrogen) atoms. The Labute approximate surface area is 585 Å². The smallest absolute Gasteiger partial charge is 0.404 e. The maximum atomic E-state index is 15.2. The average molecular weight is 1470 g/mol. The molecule has 4 aromatic rings. The molecule has 8 amide bonds. The third-order valence-electron chi connectivity index (χ3n) is 17.0. The summed E-state index contributed by atoms with van der Waals surface area (Å²) in [5.74, 6) is -8.78. The van der Waals surface area contributed by atoms with Gasteiger partial charge in [0, 0.05) is 54.8 Å². The van der Waals surface area contributed by atoms with Gasteiger partial charge in [-0.1, -0.05) is 19.8 Å². The molecular formula is C59H90N18O22S2. The Morgan fingerprint density at radius 3 is 2.12 bits per heavy atom. The Balaban J connectivity index is 1.08. The summed E-state index contributed by atoms with van der Waals surface area (Å²) in [6.45, 7) is 3.65. The topological polar surface area (TPSA) is 659 Å². The molecule has 42 heteroatoms. The number of primary amides is 3. The van der Waals surface area contributed by atoms with Gasteiger partial charge in [-0.05, 0) is 46.6 Å². The van der Waals surface area contributed by atoms with Gasteiger partial charge in [-0.3, -0.25) is 33.6 Å². The lowest BCUT2D eigenvalue weighted by atomic mass is 9.92. The number of aromatic nitrogens is 6. The number of hydrogen-bond acceptors (Lipinski definition) is 33. The average Bonchev–Trinajstić information content (AvgIpc) is 0.976. The van der Waals surface area contributed by atoms with Crippen LogP contribution in [0.4, 0.5) is 10.6 Å². The number of hydrogen-bond donors (Lipinski definition) is 22. The van der Waals surface area contributed by atoms with Crippen molar-refractivity contribution in [1.82, 2.24) is 67.1 Å². The fraction of sp³-hybridized carbons (Fsp3) is 0.644. The van der Waals surface area contributed by atoms with Crippen LogP contribution in [0.3, 0.4) is 0 Å². The summed E-state index contributed by atoms with van der Waals surface area (Å²) < 4.78 is 28.8. The van der Waals surface area contributed by atoms with E-state index in [1.807, 2.05) is 0 Å². The van der Waals surface area contributed by atoms with Gasteiger partial charge >= 0.3 is 6.09 Å². The summed E-state index contributed by atoms with van der Waals surface area (Å²) in [6, 6.07) is -7.84. The lowest BCUT2D eigenvalue weighted by molar-refractivity contribution is -0.372. The summed E-state index contributed by atoms with van der Waals surface area (Å²) >= 11 is 2.49. The fourth-order valence-electron chi connectivity index (χ4n) is 11.2. The SMILES string of the molecule is Cc1c(N)nc(C(CC(N)=O)NCC(N)C(N)=O)nc1C(=O)NC(C(=O)NC(C)C(O)C(C)C(=O)NC(C(=O)NCCc1nc(-c2nc(C(=O)NCCCNC3CCCCC3O)cs2)cs1)C(C)O)C(OC1OC(CO)C(O)C(O)C1OC1OC(CO)C(O)C(OC(N)=O)C1O)c1cnc[nH]1. The standard InChI is InChI=1S/C59H90N18O22S2/c1-22-37(74-50(77-48(22)62)28(14-35(61)82)69-15-26(60)49(63)88)54(92)76-39(45(29-16-65-21-70-29)97-58-47(43(86)41(84)33(17-78)96-58)98-57-44(87)46(99-59(64)94)42(85)34(18-79)95-57)55(93)71-24(3)40(83)23(2)51(89)75-38(25(4)80)53(91)68-13-10-36-72-31(20-100-36)56-73-30(19-101-56)52(90)67-12-7-11-66-27-8-5-6-9-32(27)81/h16,19-21,23-28,32-34,38-47,57-58,66,69,78-81,83-87H,5-15,17-18,60H2,1-4H3,(H2,61,82)(H2,63,88)(H2,64,94)(H,65,70)(H,67,90)(H,68,91)(H,71,93)(H,75,89)(H,76,92)(H2,62,74,77). The van der Waals surface area contributed by atoms with Crippen molar-refractivity contribution in [3.63, 3.8) is 0 Å². The van der Waals surface area contributed by atoms with E-state index in [-0.39, 0.29) is 66.2 Å². The molecule has 1 saturated carbocycles. The summed E-state index contributed by atoms with van der Waals surface area (Å²) in [5, 5.41) is 122. The molecule has 2 saturated heterocycles. The van der Waals surface area contributed by atoms with E-state index in [0.29, 0.717) is 35.2 Å². The van der Waals surface area contributed by atoms with Crippen LogP contribution in [0.5, 0.6) is 0 Å². The van der Waals surface area contributed by atoms with Crippen molar-refractivity contribution in [2.75, 3.05) is 45.1 Å². The molecule has 3 fully saturated rings. The Morgan fingerprint density at radius 1 is 0.762 bits per heavy atom. The van der Waals surface area contributed by atoms with Gasteiger partial charge in [0.05, 0.1) is 78.8 Å². The minimum atomic E-state index is -2.20. The van der Waals surface area contributed by atoms with E-state index in [9.17, 15) is 79.5 Å². The molecule has 6 heterocycles. The van der Waals surface area contributed by atoms with Crippen LogP contribution >= 0.6 is 22.7 Å². The Morgan fingerprint density at radius 2 is 1.47 bits per heavy atom. The summed E-state index contributed by atoms with van der Waals surface area (Å²) in [4.78, 5) is 131. The van der Waals surface area contributed by atoms with Crippen molar-refractivity contribution in [3.8, 4) is 10.7 Å². The zero-order valence-electron chi connectivity index (χ0n) is 55.4. The highest BCUT2D eigenvalue weighted by atomic mass is 32.1. The second-order valence-corrected chi connectivity index (χ2v) is 26.3. The zero-order valence-corrected chi connectivity index (χ0v) is 57.0. The molecule has 21 unspecified atom stereocenters. The number of nitrogens with one attached hydrogen (secondary N) is 8. The number of rotatable bonds is 36. The first-order chi connectivity index (χ1) is 47.9. The summed E-state index contributed by atoms with van der Waals surface area (Å²) in [6.07, 6.45) is -21.2. The van der Waals surface area contributed by atoms with Crippen molar-refractivity contribution in [2.45, 2.75) is 195 Å². The molecule has 21 atom stereocenters. The molecule has 4 aromatic heterocycles. The van der Waals surface area contributed by atoms with E-state index >= 15 is 4.79 Å². The quantitative estimate of drug-likeness (QED) is 0.0188. The summed E-state index contributed by atoms with van der Waals surface area (Å²) in [7, 11) is 0. The van der Waals surface area contributed by atoms with Crippen molar-refractivity contribution in [2.24, 2.45) is 28.9 Å². The largest absolute Gasteiger partial charge is 0.441 e. The number of carbonyl (C=O) groups is 8. The fourth-order valence-corrected chi connectivity index (χ4v) is 12.8. The minimum Gasteiger partial charge on any atom is -0.441 e. The molecule has 1 aliphatic carbocycles. The number of imidazole rings is 1. The van der Waals surface area contributed by atoms with Gasteiger partial charge in [0.15, 0.2) is 18.7 Å². The Bertz CT molecular complexity index is 3430. The zero-order chi connectivity index (χ0) is 74.1. The number of ether oxygens (including phenoxy) is 5. The van der Waals surface area contributed by atoms with E-state index < -0.39 is 183 Å². The molecule has 0 bridgehead atoms. The number of nitrogen functional groups attached to an aromatic ring is 1. The van der Waals surface area contributed by atoms with E-state index in [0.717, 1.165) is 38.2 Å². The number of aliphatic hydroxyl groups excluding tert-OH is 9. The highest BCUT2D eigenvalue weighted by molar-refractivity contribution is 7.14. The number of carbonyl (C=O) groups excluding carboxylic acids is 8. The van der Waals surface area contributed by atoms with Crippen molar-refractivity contribution in [1.29, 1.82) is 0 Å². The van der Waals surface area contributed by atoms with Crippen LogP contribution < -0.4 is 65.9 Å². The first-order valence-corrected chi connectivity index (χ1v) is 34.0. The third-order valence-corrected chi connectivity index (χ3v) is 18.8. The van der Waals surface area contributed by atoms with Crippen LogP contribution in [0.2, 0.25) is 0 Å². The van der Waals surface area contributed by atoms with Gasteiger partial charge in [0.1, 0.15) is 94.6 Å². The molecule has 560 valence electrons. The molecule has 0 aromatic carbocycles. The maximum absolute atomic E-state index is 15.2. The third kappa shape index (κ3) is 21.4. The summed E-state index contributed by atoms with van der Waals surface area (Å²) in [5.41, 5.74) is 28.0. The minimum absolute atomic E-state index is 0.0212. The first kappa shape index (κ1) is 80.6. The lowest BCUT2D eigenvalue weighted by Crippen LogP contribution is -2.65. The van der Waals surface area contributed by atoms with E-state index in [1.54, 1.807) is 10.8 Å². The van der Waals surface area contributed by atoms with Crippen LogP contribution in [0.15, 0.2) is 23.3 Å². The van der Waals surface area contributed by atoms with Gasteiger partial charge in [-0.25, -0.2) is 29.7 Å². The van der Waals surface area contributed by atoms with Gasteiger partial charge in [0.2, 0.25) is 29.5 Å². The van der Waals surface area contributed by atoms with Crippen LogP contribution in [-0.2, 0) is 54.1 Å². The van der Waals surface area contributed by atoms with E-state index in [1.165, 1.54) is 50.4 Å². The number of aliphatic hydroxyl groups is 9. The van der Waals surface area contributed by atoms with Gasteiger partial charge in [-0.15, -0.1) is 22.7 Å². The molecule has 7 rings (SSSR count). The molecule has 3 aliphatic rings. The number of thiazole rings is 2. The predicted molar refractivity (Wildman–Crippen MR) is 351 cm³/mol. The number of amides is 8. The van der Waals surface area contributed by atoms with Crippen molar-refractivity contribution < 1.29 is 108 Å². The van der Waals surface area contributed by atoms with E-state index in [4.69, 9.17) is 52.4 Å².